The molecule has 11 heavy (non-hydrogen) atoms. The Morgan fingerprint density at radius 2 is 2.45 bits per heavy atom. The van der Waals surface area contributed by atoms with Crippen LogP contribution < -0.4 is 5.32 Å². The number of rotatable bonds is 5. The van der Waals surface area contributed by atoms with Gasteiger partial charge in [0.25, 0.3) is 0 Å². The molecule has 0 saturated carbocycles. The molecule has 0 aromatic heterocycles. The maximum atomic E-state index is 10.4. The molecule has 0 saturated heterocycles. The molecular formula is C6H8NO2SSe. The van der Waals surface area contributed by atoms with E-state index in [2.05, 4.69) is 40.1 Å². The van der Waals surface area contributed by atoms with E-state index in [9.17, 15) is 4.79 Å². The van der Waals surface area contributed by atoms with E-state index in [1.165, 1.54) is 0 Å². The number of carbonyl (C=O) groups is 1. The van der Waals surface area contributed by atoms with Gasteiger partial charge in [0.05, 0.1) is 0 Å². The van der Waals surface area contributed by atoms with Crippen molar-refractivity contribution in [2.24, 2.45) is 0 Å². The second-order valence-electron chi connectivity index (χ2n) is 1.79. The predicted octanol–water partition coefficient (Wildman–Crippen LogP) is -0.289. The summed E-state index contributed by atoms with van der Waals surface area (Å²) < 4.78 is 0.305. The standard InChI is InChI=1S/C6H8NO2SSe/c1-2-3-7-4(5(8)9)6(10)11/h2,4,7H,1,3H2,(H,8,9)/t4-/m1/s1. The maximum absolute atomic E-state index is 10.4. The first-order valence-corrected chi connectivity index (χ1v) is 4.14. The topological polar surface area (TPSA) is 49.3 Å². The van der Waals surface area contributed by atoms with Crippen LogP contribution in [0.3, 0.4) is 0 Å². The Hall–Kier alpha value is -0.221. The molecule has 0 aromatic carbocycles. The van der Waals surface area contributed by atoms with Crippen molar-refractivity contribution < 1.29 is 9.90 Å². The second-order valence-corrected chi connectivity index (χ2v) is 3.73. The fourth-order valence-corrected chi connectivity index (χ4v) is 1.04. The van der Waals surface area contributed by atoms with Gasteiger partial charge in [-0.25, -0.2) is 0 Å². The average Bonchev–Trinajstić information content (AvgIpc) is 1.87. The molecule has 1 atom stereocenters. The molecule has 0 aliphatic heterocycles. The van der Waals surface area contributed by atoms with Crippen molar-refractivity contribution in [3.8, 4) is 0 Å². The van der Waals surface area contributed by atoms with E-state index < -0.39 is 12.0 Å². The third kappa shape index (κ3) is 4.27. The summed E-state index contributed by atoms with van der Waals surface area (Å²) in [6, 6.07) is -0.789. The zero-order chi connectivity index (χ0) is 8.85. The number of nitrogens with one attached hydrogen (secondary N) is 1. The minimum absolute atomic E-state index is 0.305. The number of aliphatic carboxylic acids is 1. The summed E-state index contributed by atoms with van der Waals surface area (Å²) >= 11 is 7.16. The van der Waals surface area contributed by atoms with Crippen LogP contribution in [0.5, 0.6) is 0 Å². The molecule has 2 N–H and O–H groups in total. The predicted molar refractivity (Wildman–Crippen MR) is 48.0 cm³/mol. The van der Waals surface area contributed by atoms with E-state index in [1.807, 2.05) is 0 Å². The van der Waals surface area contributed by atoms with Gasteiger partial charge in [-0.2, -0.15) is 0 Å². The van der Waals surface area contributed by atoms with E-state index in [4.69, 9.17) is 5.11 Å². The molecule has 1 radical (unpaired) electrons. The van der Waals surface area contributed by atoms with Crippen molar-refractivity contribution in [3.63, 3.8) is 0 Å². The quantitative estimate of drug-likeness (QED) is 0.392. The third-order valence-corrected chi connectivity index (χ3v) is 1.68. The van der Waals surface area contributed by atoms with Crippen molar-refractivity contribution in [3.05, 3.63) is 12.7 Å². The van der Waals surface area contributed by atoms with Gasteiger partial charge in [-0.1, -0.05) is 0 Å². The number of hydrogen-bond acceptors (Lipinski definition) is 3. The summed E-state index contributed by atoms with van der Waals surface area (Å²) in [5.74, 6) is -0.976. The Balaban J connectivity index is 4.00. The zero-order valence-corrected chi connectivity index (χ0v) is 8.27. The average molecular weight is 237 g/mol. The molecule has 0 aliphatic rings. The summed E-state index contributed by atoms with van der Waals surface area (Å²) in [7, 11) is 0. The van der Waals surface area contributed by atoms with Gasteiger partial charge in [-0.3, -0.25) is 0 Å². The summed E-state index contributed by atoms with van der Waals surface area (Å²) in [5.41, 5.74) is 0. The van der Waals surface area contributed by atoms with Crippen LogP contribution >= 0.6 is 12.2 Å². The SMILES string of the molecule is C=CCN[C@H](C(=O)O)C(=S)[Se]. The van der Waals surface area contributed by atoms with Crippen molar-refractivity contribution in [2.75, 3.05) is 6.54 Å². The van der Waals surface area contributed by atoms with Gasteiger partial charge in [-0.05, 0) is 0 Å². The number of carboxylic acid groups (broad SMARTS) is 1. The van der Waals surface area contributed by atoms with Crippen LogP contribution in [0.2, 0.25) is 0 Å². The molecule has 0 fully saturated rings. The van der Waals surface area contributed by atoms with Crippen LogP contribution in [0.15, 0.2) is 12.7 Å². The molecule has 0 aromatic rings. The van der Waals surface area contributed by atoms with Gasteiger partial charge in [0.1, 0.15) is 0 Å². The summed E-state index contributed by atoms with van der Waals surface area (Å²) in [6.45, 7) is 3.87. The van der Waals surface area contributed by atoms with Crippen LogP contribution in [0.1, 0.15) is 0 Å². The van der Waals surface area contributed by atoms with Crippen molar-refractivity contribution in [2.45, 2.75) is 6.04 Å². The van der Waals surface area contributed by atoms with Crippen LogP contribution in [0.4, 0.5) is 0 Å². The van der Waals surface area contributed by atoms with Crippen LogP contribution in [-0.2, 0) is 4.79 Å². The Labute approximate surface area is 78.7 Å². The van der Waals surface area contributed by atoms with Gasteiger partial charge < -0.3 is 0 Å². The fourth-order valence-electron chi connectivity index (χ4n) is 0.473. The van der Waals surface area contributed by atoms with Gasteiger partial charge in [0, 0.05) is 0 Å². The van der Waals surface area contributed by atoms with E-state index >= 15 is 0 Å². The molecule has 0 unspecified atom stereocenters. The number of hydrogen-bond donors (Lipinski definition) is 2. The number of thiocarbonyl (C=S) groups is 1. The Bertz CT molecular complexity index is 169. The van der Waals surface area contributed by atoms with Gasteiger partial charge in [-0.15, -0.1) is 0 Å². The molecule has 5 heteroatoms. The van der Waals surface area contributed by atoms with Gasteiger partial charge in [0.15, 0.2) is 0 Å². The molecule has 3 nitrogen and oxygen atoms in total. The molecule has 0 heterocycles. The minimum atomic E-state index is -0.976. The number of carboxylic acids is 1. The summed E-state index contributed by atoms with van der Waals surface area (Å²) in [4.78, 5) is 10.4. The molecule has 0 rings (SSSR count). The van der Waals surface area contributed by atoms with E-state index in [-0.39, 0.29) is 0 Å². The summed E-state index contributed by atoms with van der Waals surface area (Å²) in [6.07, 6.45) is 1.58. The van der Waals surface area contributed by atoms with Crippen molar-refractivity contribution in [1.29, 1.82) is 0 Å². The third-order valence-electron chi connectivity index (χ3n) is 0.949. The molecule has 61 valence electrons. The van der Waals surface area contributed by atoms with E-state index in [0.29, 0.717) is 10.3 Å². The zero-order valence-electron chi connectivity index (χ0n) is 5.74. The first-order valence-electron chi connectivity index (χ1n) is 2.87. The van der Waals surface area contributed by atoms with Gasteiger partial charge in [0.2, 0.25) is 0 Å². The van der Waals surface area contributed by atoms with Crippen LogP contribution in [-0.4, -0.2) is 43.4 Å². The molecule has 0 aliphatic carbocycles. The normalized spacial score (nSPS) is 12.0. The van der Waals surface area contributed by atoms with Gasteiger partial charge >= 0.3 is 78.4 Å². The Morgan fingerprint density at radius 1 is 1.91 bits per heavy atom. The fraction of sp³-hybridized carbons (Fsp3) is 0.333. The van der Waals surface area contributed by atoms with Crippen molar-refractivity contribution >= 4 is 38.0 Å². The monoisotopic (exact) mass is 238 g/mol. The van der Waals surface area contributed by atoms with Crippen LogP contribution in [0, 0.1) is 0 Å². The molecule has 0 amide bonds. The van der Waals surface area contributed by atoms with E-state index in [0.717, 1.165) is 0 Å². The summed E-state index contributed by atoms with van der Waals surface area (Å²) in [5, 5.41) is 11.2. The van der Waals surface area contributed by atoms with Crippen molar-refractivity contribution in [1.82, 2.24) is 5.32 Å². The van der Waals surface area contributed by atoms with E-state index in [1.54, 1.807) is 6.08 Å². The molecule has 0 bridgehead atoms. The Morgan fingerprint density at radius 3 is 2.73 bits per heavy atom. The van der Waals surface area contributed by atoms with Crippen LogP contribution in [0.25, 0.3) is 0 Å². The molecule has 0 spiro atoms. The molecular weight excluding hydrogens is 229 g/mol. The Kier molecular flexibility index (Phi) is 5.32. The first kappa shape index (κ1) is 10.8. The first-order chi connectivity index (χ1) is 5.09. The second kappa shape index (κ2) is 5.43.